The summed E-state index contributed by atoms with van der Waals surface area (Å²) >= 11 is 12.0. The second-order valence-corrected chi connectivity index (χ2v) is 5.90. The summed E-state index contributed by atoms with van der Waals surface area (Å²) < 4.78 is 5.38. The summed E-state index contributed by atoms with van der Waals surface area (Å²) in [6.45, 7) is 3.61. The van der Waals surface area contributed by atoms with Crippen molar-refractivity contribution >= 4 is 41.1 Å². The second-order valence-electron chi connectivity index (χ2n) is 5.09. The van der Waals surface area contributed by atoms with Crippen LogP contribution in [-0.2, 0) is 4.79 Å². The average molecular weight is 352 g/mol. The predicted molar refractivity (Wildman–Crippen MR) is 91.9 cm³/mol. The van der Waals surface area contributed by atoms with Crippen LogP contribution >= 0.6 is 23.2 Å². The largest absolute Gasteiger partial charge is 0.481 e. The van der Waals surface area contributed by atoms with E-state index >= 15 is 0 Å². The van der Waals surface area contributed by atoms with Gasteiger partial charge in [-0.2, -0.15) is 0 Å². The Balaban J connectivity index is 2.05. The number of ether oxygens (including phenoxy) is 1. The molecular weight excluding hydrogens is 337 g/mol. The fourth-order valence-electron chi connectivity index (χ4n) is 1.98. The summed E-state index contributed by atoms with van der Waals surface area (Å²) in [6.07, 6.45) is 0.634. The Kier molecular flexibility index (Phi) is 5.64. The lowest BCUT2D eigenvalue weighted by atomic mass is 10.1. The molecule has 2 aromatic rings. The number of aldehydes is 1. The Labute approximate surface area is 144 Å². The minimum atomic E-state index is -0.328. The highest BCUT2D eigenvalue weighted by molar-refractivity contribution is 6.37. The van der Waals surface area contributed by atoms with Gasteiger partial charge in [0.1, 0.15) is 6.29 Å². The standard InChI is InChI=1S/C17H15Cl2NO3/c1-10-3-4-11(2)15(5-10)20-16(22)9-23-17-13(18)6-12(8-21)7-14(17)19/h3-8H,9H2,1-2H3,(H,20,22). The second kappa shape index (κ2) is 7.49. The molecule has 0 bridgehead atoms. The lowest BCUT2D eigenvalue weighted by Gasteiger charge is -2.12. The molecule has 0 aliphatic heterocycles. The molecule has 0 atom stereocenters. The van der Waals surface area contributed by atoms with Crippen LogP contribution in [-0.4, -0.2) is 18.8 Å². The Hall–Kier alpha value is -2.04. The number of hydrogen-bond donors (Lipinski definition) is 1. The minimum Gasteiger partial charge on any atom is -0.481 e. The van der Waals surface area contributed by atoms with Crippen molar-refractivity contribution in [1.82, 2.24) is 0 Å². The van der Waals surface area contributed by atoms with Crippen molar-refractivity contribution in [2.24, 2.45) is 0 Å². The van der Waals surface area contributed by atoms with E-state index in [1.807, 2.05) is 32.0 Å². The van der Waals surface area contributed by atoms with Gasteiger partial charge in [-0.1, -0.05) is 35.3 Å². The molecule has 0 spiro atoms. The number of nitrogens with one attached hydrogen (secondary N) is 1. The van der Waals surface area contributed by atoms with Crippen molar-refractivity contribution in [2.45, 2.75) is 13.8 Å². The van der Waals surface area contributed by atoms with E-state index in [9.17, 15) is 9.59 Å². The first-order valence-electron chi connectivity index (χ1n) is 6.85. The molecule has 6 heteroatoms. The summed E-state index contributed by atoms with van der Waals surface area (Å²) in [7, 11) is 0. The lowest BCUT2D eigenvalue weighted by Crippen LogP contribution is -2.21. The molecule has 0 unspecified atom stereocenters. The molecule has 0 aliphatic rings. The number of halogens is 2. The zero-order valence-electron chi connectivity index (χ0n) is 12.7. The molecular formula is C17H15Cl2NO3. The molecule has 0 saturated carbocycles. The van der Waals surface area contributed by atoms with Crippen LogP contribution in [0.2, 0.25) is 10.0 Å². The van der Waals surface area contributed by atoms with Gasteiger partial charge in [0.25, 0.3) is 5.91 Å². The zero-order chi connectivity index (χ0) is 17.0. The molecule has 1 amide bonds. The summed E-state index contributed by atoms with van der Waals surface area (Å²) in [6, 6.07) is 8.64. The van der Waals surface area contributed by atoms with Crippen LogP contribution in [0.15, 0.2) is 30.3 Å². The van der Waals surface area contributed by atoms with E-state index in [0.717, 1.165) is 16.8 Å². The molecule has 0 heterocycles. The minimum absolute atomic E-state index is 0.176. The third-order valence-electron chi connectivity index (χ3n) is 3.17. The van der Waals surface area contributed by atoms with Crippen LogP contribution in [0.3, 0.4) is 0 Å². The van der Waals surface area contributed by atoms with Gasteiger partial charge in [-0.15, -0.1) is 0 Å². The number of amides is 1. The van der Waals surface area contributed by atoms with Gasteiger partial charge in [0, 0.05) is 11.3 Å². The first-order valence-corrected chi connectivity index (χ1v) is 7.60. The van der Waals surface area contributed by atoms with E-state index in [-0.39, 0.29) is 28.3 Å². The molecule has 2 aromatic carbocycles. The number of anilines is 1. The van der Waals surface area contributed by atoms with Crippen LogP contribution in [0.5, 0.6) is 5.75 Å². The first kappa shape index (κ1) is 17.3. The van der Waals surface area contributed by atoms with Gasteiger partial charge in [-0.25, -0.2) is 0 Å². The first-order chi connectivity index (χ1) is 10.9. The normalized spacial score (nSPS) is 10.3. The number of carbonyl (C=O) groups excluding carboxylic acids is 2. The van der Waals surface area contributed by atoms with Gasteiger partial charge >= 0.3 is 0 Å². The SMILES string of the molecule is Cc1ccc(C)c(NC(=O)COc2c(Cl)cc(C=O)cc2Cl)c1. The van der Waals surface area contributed by atoms with E-state index in [1.165, 1.54) is 12.1 Å². The summed E-state index contributed by atoms with van der Waals surface area (Å²) in [5.74, 6) is -0.152. The Bertz CT molecular complexity index is 736. The molecule has 0 radical (unpaired) electrons. The van der Waals surface area contributed by atoms with E-state index in [1.54, 1.807) is 0 Å². The Morgan fingerprint density at radius 1 is 1.17 bits per heavy atom. The molecule has 0 fully saturated rings. The summed E-state index contributed by atoms with van der Waals surface area (Å²) in [4.78, 5) is 22.7. The highest BCUT2D eigenvalue weighted by atomic mass is 35.5. The van der Waals surface area contributed by atoms with Crippen LogP contribution in [0.1, 0.15) is 21.5 Å². The van der Waals surface area contributed by atoms with Gasteiger partial charge in [-0.05, 0) is 43.2 Å². The molecule has 0 saturated heterocycles. The highest BCUT2D eigenvalue weighted by Crippen LogP contribution is 2.33. The zero-order valence-corrected chi connectivity index (χ0v) is 14.2. The molecule has 0 aliphatic carbocycles. The van der Waals surface area contributed by atoms with E-state index in [2.05, 4.69) is 5.32 Å². The van der Waals surface area contributed by atoms with E-state index in [0.29, 0.717) is 11.8 Å². The van der Waals surface area contributed by atoms with Crippen LogP contribution < -0.4 is 10.1 Å². The van der Waals surface area contributed by atoms with E-state index in [4.69, 9.17) is 27.9 Å². The maximum atomic E-state index is 12.0. The Morgan fingerprint density at radius 2 is 1.83 bits per heavy atom. The molecule has 1 N–H and O–H groups in total. The van der Waals surface area contributed by atoms with Crippen molar-refractivity contribution in [2.75, 3.05) is 11.9 Å². The number of benzene rings is 2. The smallest absolute Gasteiger partial charge is 0.262 e. The third-order valence-corrected chi connectivity index (χ3v) is 3.73. The van der Waals surface area contributed by atoms with Gasteiger partial charge in [0.2, 0.25) is 0 Å². The van der Waals surface area contributed by atoms with Crippen LogP contribution in [0.25, 0.3) is 0 Å². The lowest BCUT2D eigenvalue weighted by molar-refractivity contribution is -0.118. The quantitative estimate of drug-likeness (QED) is 0.810. The topological polar surface area (TPSA) is 55.4 Å². The van der Waals surface area contributed by atoms with Crippen LogP contribution in [0, 0.1) is 13.8 Å². The summed E-state index contributed by atoms with van der Waals surface area (Å²) in [5, 5.41) is 3.14. The maximum Gasteiger partial charge on any atom is 0.262 e. The predicted octanol–water partition coefficient (Wildman–Crippen LogP) is 4.44. The Morgan fingerprint density at radius 3 is 2.43 bits per heavy atom. The van der Waals surface area contributed by atoms with Crippen molar-refractivity contribution < 1.29 is 14.3 Å². The van der Waals surface area contributed by atoms with Gasteiger partial charge in [0.15, 0.2) is 12.4 Å². The number of hydrogen-bond acceptors (Lipinski definition) is 3. The molecule has 120 valence electrons. The highest BCUT2D eigenvalue weighted by Gasteiger charge is 2.12. The summed E-state index contributed by atoms with van der Waals surface area (Å²) in [5.41, 5.74) is 3.07. The number of rotatable bonds is 5. The third kappa shape index (κ3) is 4.47. The monoisotopic (exact) mass is 351 g/mol. The van der Waals surface area contributed by atoms with Crippen molar-refractivity contribution in [1.29, 1.82) is 0 Å². The van der Waals surface area contributed by atoms with Gasteiger partial charge < -0.3 is 10.1 Å². The van der Waals surface area contributed by atoms with Crippen LogP contribution in [0.4, 0.5) is 5.69 Å². The van der Waals surface area contributed by atoms with E-state index < -0.39 is 0 Å². The number of aryl methyl sites for hydroxylation is 2. The molecule has 4 nitrogen and oxygen atoms in total. The maximum absolute atomic E-state index is 12.0. The van der Waals surface area contributed by atoms with Gasteiger partial charge in [-0.3, -0.25) is 9.59 Å². The molecule has 2 rings (SSSR count). The fraction of sp³-hybridized carbons (Fsp3) is 0.176. The van der Waals surface area contributed by atoms with Crippen molar-refractivity contribution in [3.05, 3.63) is 57.1 Å². The van der Waals surface area contributed by atoms with Crippen molar-refractivity contribution in [3.63, 3.8) is 0 Å². The average Bonchev–Trinajstić information content (AvgIpc) is 2.49. The van der Waals surface area contributed by atoms with Crippen molar-refractivity contribution in [3.8, 4) is 5.75 Å². The fourth-order valence-corrected chi connectivity index (χ4v) is 2.59. The molecule has 0 aromatic heterocycles. The van der Waals surface area contributed by atoms with Gasteiger partial charge in [0.05, 0.1) is 10.0 Å². The number of carbonyl (C=O) groups is 2. The molecule has 23 heavy (non-hydrogen) atoms.